The van der Waals surface area contributed by atoms with E-state index in [1.165, 1.54) is 0 Å². The molecule has 0 spiro atoms. The number of benzene rings is 1. The molecule has 0 unspecified atom stereocenters. The van der Waals surface area contributed by atoms with Crippen molar-refractivity contribution >= 4 is 28.4 Å². The van der Waals surface area contributed by atoms with Crippen LogP contribution < -0.4 is 0 Å². The molecule has 2 aliphatic heterocycles. The monoisotopic (exact) mass is 246 g/mol. The summed E-state index contributed by atoms with van der Waals surface area (Å²) in [7, 11) is 0. The Morgan fingerprint density at radius 2 is 2.24 bits per heavy atom. The molecule has 3 rings (SSSR count). The van der Waals surface area contributed by atoms with Crippen molar-refractivity contribution < 1.29 is 4.79 Å². The Balaban J connectivity index is 2.15. The molecule has 0 saturated carbocycles. The van der Waals surface area contributed by atoms with Crippen LogP contribution in [0.2, 0.25) is 0 Å². The van der Waals surface area contributed by atoms with Crippen molar-refractivity contribution in [2.75, 3.05) is 12.8 Å². The number of fused-ring (bicyclic) bond motifs is 2. The van der Waals surface area contributed by atoms with Crippen LogP contribution in [0.4, 0.5) is 5.69 Å². The van der Waals surface area contributed by atoms with Gasteiger partial charge in [-0.3, -0.25) is 4.79 Å². The minimum absolute atomic E-state index is 0.135. The van der Waals surface area contributed by atoms with E-state index in [1.807, 2.05) is 35.4 Å². The van der Waals surface area contributed by atoms with Crippen LogP contribution in [0.3, 0.4) is 0 Å². The van der Waals surface area contributed by atoms with E-state index in [-0.39, 0.29) is 11.9 Å². The van der Waals surface area contributed by atoms with E-state index in [0.717, 1.165) is 35.7 Å². The standard InChI is InChI=1S/C13H14N2OS/c1-17-12-11-7-4-8-15(11)13(16)9-5-2-3-6-10(9)14-12/h2-3,5-6,11H,4,7-8H2,1H3/t11-/m0/s1. The summed E-state index contributed by atoms with van der Waals surface area (Å²) < 4.78 is 0. The molecule has 0 aliphatic carbocycles. The fourth-order valence-electron chi connectivity index (χ4n) is 2.55. The molecule has 1 amide bonds. The number of hydrogen-bond acceptors (Lipinski definition) is 3. The van der Waals surface area contributed by atoms with Crippen molar-refractivity contribution in [3.05, 3.63) is 29.8 Å². The van der Waals surface area contributed by atoms with Gasteiger partial charge in [-0.05, 0) is 31.2 Å². The predicted molar refractivity (Wildman–Crippen MR) is 71.1 cm³/mol. The van der Waals surface area contributed by atoms with E-state index in [2.05, 4.69) is 4.99 Å². The van der Waals surface area contributed by atoms with Crippen molar-refractivity contribution in [1.29, 1.82) is 0 Å². The molecule has 1 fully saturated rings. The van der Waals surface area contributed by atoms with Crippen molar-refractivity contribution in [2.45, 2.75) is 18.9 Å². The minimum atomic E-state index is 0.135. The second-order valence-electron chi connectivity index (χ2n) is 4.33. The van der Waals surface area contributed by atoms with Gasteiger partial charge >= 0.3 is 0 Å². The molecule has 1 atom stereocenters. The number of thioether (sulfide) groups is 1. The Kier molecular flexibility index (Phi) is 2.67. The zero-order valence-electron chi connectivity index (χ0n) is 9.72. The molecular weight excluding hydrogens is 232 g/mol. The first kappa shape index (κ1) is 10.8. The summed E-state index contributed by atoms with van der Waals surface area (Å²) in [5.41, 5.74) is 1.56. The van der Waals surface area contributed by atoms with Crippen LogP contribution in [0.15, 0.2) is 29.3 Å². The molecule has 1 aromatic rings. The lowest BCUT2D eigenvalue weighted by molar-refractivity contribution is 0.0774. The molecule has 2 aliphatic rings. The van der Waals surface area contributed by atoms with Gasteiger partial charge in [0.15, 0.2) is 0 Å². The zero-order chi connectivity index (χ0) is 11.8. The van der Waals surface area contributed by atoms with Crippen LogP contribution in [0.25, 0.3) is 0 Å². The van der Waals surface area contributed by atoms with Gasteiger partial charge in [0.2, 0.25) is 0 Å². The number of hydrogen-bond donors (Lipinski definition) is 0. The molecule has 88 valence electrons. The highest BCUT2D eigenvalue weighted by Crippen LogP contribution is 2.32. The quantitative estimate of drug-likeness (QED) is 0.705. The molecule has 0 N–H and O–H groups in total. The number of rotatable bonds is 0. The minimum Gasteiger partial charge on any atom is -0.329 e. The van der Waals surface area contributed by atoms with E-state index < -0.39 is 0 Å². The van der Waals surface area contributed by atoms with Gasteiger partial charge in [0.1, 0.15) is 0 Å². The Morgan fingerprint density at radius 1 is 1.41 bits per heavy atom. The topological polar surface area (TPSA) is 32.7 Å². The van der Waals surface area contributed by atoms with Crippen LogP contribution in [0, 0.1) is 0 Å². The Bertz CT molecular complexity index is 498. The second kappa shape index (κ2) is 4.18. The Hall–Kier alpha value is -1.29. The molecule has 3 nitrogen and oxygen atoms in total. The largest absolute Gasteiger partial charge is 0.329 e. The van der Waals surface area contributed by atoms with E-state index in [4.69, 9.17) is 0 Å². The van der Waals surface area contributed by atoms with Crippen LogP contribution >= 0.6 is 11.8 Å². The van der Waals surface area contributed by atoms with Gasteiger partial charge in [-0.15, -0.1) is 11.8 Å². The summed E-state index contributed by atoms with van der Waals surface area (Å²) in [5, 5.41) is 1.07. The van der Waals surface area contributed by atoms with Gasteiger partial charge in [-0.2, -0.15) is 0 Å². The summed E-state index contributed by atoms with van der Waals surface area (Å²) in [6.45, 7) is 0.859. The third-order valence-corrected chi connectivity index (χ3v) is 4.15. The van der Waals surface area contributed by atoms with Crippen LogP contribution in [-0.4, -0.2) is 34.7 Å². The lowest BCUT2D eigenvalue weighted by Gasteiger charge is -2.22. The second-order valence-corrected chi connectivity index (χ2v) is 5.15. The maximum atomic E-state index is 12.4. The van der Waals surface area contributed by atoms with E-state index in [9.17, 15) is 4.79 Å². The highest BCUT2D eigenvalue weighted by Gasteiger charge is 2.35. The fraction of sp³-hybridized carbons (Fsp3) is 0.385. The van der Waals surface area contributed by atoms with Gasteiger partial charge in [0.05, 0.1) is 22.3 Å². The molecule has 0 aromatic heterocycles. The first-order valence-electron chi connectivity index (χ1n) is 5.84. The summed E-state index contributed by atoms with van der Waals surface area (Å²) in [6, 6.07) is 7.83. The normalized spacial score (nSPS) is 22.9. The van der Waals surface area contributed by atoms with E-state index >= 15 is 0 Å². The third kappa shape index (κ3) is 1.67. The van der Waals surface area contributed by atoms with E-state index in [0.29, 0.717) is 0 Å². The number of carbonyl (C=O) groups is 1. The van der Waals surface area contributed by atoms with Gasteiger partial charge in [0, 0.05) is 6.54 Å². The van der Waals surface area contributed by atoms with Crippen molar-refractivity contribution in [3.63, 3.8) is 0 Å². The lowest BCUT2D eigenvalue weighted by atomic mass is 10.1. The maximum absolute atomic E-state index is 12.4. The maximum Gasteiger partial charge on any atom is 0.256 e. The fourth-order valence-corrected chi connectivity index (χ4v) is 3.25. The Morgan fingerprint density at radius 3 is 3.06 bits per heavy atom. The molecule has 17 heavy (non-hydrogen) atoms. The number of para-hydroxylation sites is 1. The van der Waals surface area contributed by atoms with Gasteiger partial charge < -0.3 is 4.90 Å². The average Bonchev–Trinajstić information content (AvgIpc) is 2.81. The molecule has 0 radical (unpaired) electrons. The molecule has 1 saturated heterocycles. The first-order chi connectivity index (χ1) is 8.31. The predicted octanol–water partition coefficient (Wildman–Crippen LogP) is 2.70. The van der Waals surface area contributed by atoms with Crippen LogP contribution in [0.1, 0.15) is 23.2 Å². The number of nitrogens with zero attached hydrogens (tertiary/aromatic N) is 2. The molecular formula is C13H14N2OS. The number of carbonyl (C=O) groups excluding carboxylic acids is 1. The third-order valence-electron chi connectivity index (χ3n) is 3.37. The lowest BCUT2D eigenvalue weighted by Crippen LogP contribution is -2.38. The highest BCUT2D eigenvalue weighted by atomic mass is 32.2. The average molecular weight is 246 g/mol. The number of amides is 1. The summed E-state index contributed by atoms with van der Waals surface area (Å²) >= 11 is 1.66. The first-order valence-corrected chi connectivity index (χ1v) is 7.06. The van der Waals surface area contributed by atoms with Crippen molar-refractivity contribution in [1.82, 2.24) is 4.90 Å². The van der Waals surface area contributed by atoms with Gasteiger partial charge in [-0.25, -0.2) is 4.99 Å². The SMILES string of the molecule is CSC1=Nc2ccccc2C(=O)N2CCC[C@@H]12. The smallest absolute Gasteiger partial charge is 0.256 e. The van der Waals surface area contributed by atoms with Crippen molar-refractivity contribution in [3.8, 4) is 0 Å². The van der Waals surface area contributed by atoms with Crippen LogP contribution in [0.5, 0.6) is 0 Å². The van der Waals surface area contributed by atoms with Crippen molar-refractivity contribution in [2.24, 2.45) is 4.99 Å². The van der Waals surface area contributed by atoms with E-state index in [1.54, 1.807) is 11.8 Å². The van der Waals surface area contributed by atoms with Gasteiger partial charge in [-0.1, -0.05) is 12.1 Å². The molecule has 1 aromatic carbocycles. The zero-order valence-corrected chi connectivity index (χ0v) is 10.5. The molecule has 4 heteroatoms. The number of aliphatic imine (C=N–C) groups is 1. The molecule has 2 heterocycles. The summed E-state index contributed by atoms with van der Waals surface area (Å²) in [5.74, 6) is 0.135. The Labute approximate surface area is 105 Å². The molecule has 0 bridgehead atoms. The summed E-state index contributed by atoms with van der Waals surface area (Å²) in [6.07, 6.45) is 4.16. The van der Waals surface area contributed by atoms with Crippen LogP contribution in [-0.2, 0) is 0 Å². The highest BCUT2D eigenvalue weighted by molar-refractivity contribution is 8.13. The summed E-state index contributed by atoms with van der Waals surface area (Å²) in [4.78, 5) is 19.1. The van der Waals surface area contributed by atoms with Gasteiger partial charge in [0.25, 0.3) is 5.91 Å².